The van der Waals surface area contributed by atoms with Gasteiger partial charge in [-0.05, 0) is 73.8 Å². The number of anilines is 2. The molecular formula is C20H23ClN4S. The van der Waals surface area contributed by atoms with Crippen LogP contribution in [-0.4, -0.2) is 24.4 Å². The van der Waals surface area contributed by atoms with E-state index >= 15 is 0 Å². The average Bonchev–Trinajstić information content (AvgIpc) is 2.67. The molecule has 0 unspecified atom stereocenters. The van der Waals surface area contributed by atoms with Gasteiger partial charge >= 0.3 is 0 Å². The van der Waals surface area contributed by atoms with Crippen LogP contribution < -0.4 is 15.6 Å². The summed E-state index contributed by atoms with van der Waals surface area (Å²) in [5.74, 6) is 0. The minimum absolute atomic E-state index is 0.427. The van der Waals surface area contributed by atoms with Gasteiger partial charge in [-0.2, -0.15) is 5.10 Å². The Hall–Kier alpha value is -2.11. The molecule has 1 fully saturated rings. The SMILES string of the molecule is Cc1c(Cl)cccc1NC(=S)N/N=C\c1ccc(N2CCCCC2)cc1. The third-order valence-electron chi connectivity index (χ3n) is 4.51. The summed E-state index contributed by atoms with van der Waals surface area (Å²) in [5.41, 5.74) is 6.97. The van der Waals surface area contributed by atoms with E-state index in [1.165, 1.54) is 24.9 Å². The average molecular weight is 387 g/mol. The van der Waals surface area contributed by atoms with Gasteiger partial charge in [-0.3, -0.25) is 5.43 Å². The molecule has 6 heteroatoms. The summed E-state index contributed by atoms with van der Waals surface area (Å²) in [7, 11) is 0. The number of nitrogens with zero attached hydrogens (tertiary/aromatic N) is 2. The highest BCUT2D eigenvalue weighted by molar-refractivity contribution is 7.80. The summed E-state index contributed by atoms with van der Waals surface area (Å²) < 4.78 is 0. The topological polar surface area (TPSA) is 39.7 Å². The van der Waals surface area contributed by atoms with Crippen molar-refractivity contribution in [3.63, 3.8) is 0 Å². The highest BCUT2D eigenvalue weighted by Crippen LogP contribution is 2.23. The second-order valence-corrected chi connectivity index (χ2v) is 7.19. The van der Waals surface area contributed by atoms with Gasteiger partial charge in [0.1, 0.15) is 0 Å². The number of rotatable bonds is 4. The number of hydrogen-bond donors (Lipinski definition) is 2. The Morgan fingerprint density at radius 1 is 1.12 bits per heavy atom. The van der Waals surface area contributed by atoms with Gasteiger partial charge in [0, 0.05) is 29.5 Å². The van der Waals surface area contributed by atoms with Crippen molar-refractivity contribution in [2.24, 2.45) is 5.10 Å². The van der Waals surface area contributed by atoms with Crippen molar-refractivity contribution in [1.29, 1.82) is 0 Å². The molecule has 0 bridgehead atoms. The lowest BCUT2D eigenvalue weighted by Gasteiger charge is -2.28. The molecule has 4 nitrogen and oxygen atoms in total. The molecule has 0 atom stereocenters. The second kappa shape index (κ2) is 9.01. The monoisotopic (exact) mass is 386 g/mol. The molecule has 2 N–H and O–H groups in total. The van der Waals surface area contributed by atoms with Crippen LogP contribution in [0, 0.1) is 6.92 Å². The van der Waals surface area contributed by atoms with Crippen LogP contribution in [0.25, 0.3) is 0 Å². The van der Waals surface area contributed by atoms with Gasteiger partial charge in [-0.15, -0.1) is 0 Å². The second-order valence-electron chi connectivity index (χ2n) is 6.38. The van der Waals surface area contributed by atoms with Crippen molar-refractivity contribution in [3.8, 4) is 0 Å². The Morgan fingerprint density at radius 2 is 1.85 bits per heavy atom. The molecule has 26 heavy (non-hydrogen) atoms. The lowest BCUT2D eigenvalue weighted by Crippen LogP contribution is -2.29. The maximum Gasteiger partial charge on any atom is 0.191 e. The summed E-state index contributed by atoms with van der Waals surface area (Å²) in [5, 5.41) is 8.44. The van der Waals surface area contributed by atoms with Crippen LogP contribution in [0.4, 0.5) is 11.4 Å². The Bertz CT molecular complexity index is 783. The van der Waals surface area contributed by atoms with Crippen LogP contribution >= 0.6 is 23.8 Å². The van der Waals surface area contributed by atoms with E-state index in [0.29, 0.717) is 10.1 Å². The number of thiocarbonyl (C=S) groups is 1. The van der Waals surface area contributed by atoms with Crippen LogP contribution in [0.5, 0.6) is 0 Å². The van der Waals surface area contributed by atoms with Gasteiger partial charge in [-0.25, -0.2) is 0 Å². The van der Waals surface area contributed by atoms with Crippen LogP contribution in [-0.2, 0) is 0 Å². The molecule has 0 saturated carbocycles. The van der Waals surface area contributed by atoms with E-state index in [9.17, 15) is 0 Å². The number of nitrogens with one attached hydrogen (secondary N) is 2. The first-order valence-electron chi connectivity index (χ1n) is 8.84. The molecule has 1 aliphatic rings. The molecule has 3 rings (SSSR count). The molecule has 1 saturated heterocycles. The normalized spacial score (nSPS) is 14.5. The molecule has 136 valence electrons. The van der Waals surface area contributed by atoms with Gasteiger partial charge in [0.15, 0.2) is 5.11 Å². The molecule has 1 heterocycles. The van der Waals surface area contributed by atoms with Crippen LogP contribution in [0.3, 0.4) is 0 Å². The summed E-state index contributed by atoms with van der Waals surface area (Å²) in [4.78, 5) is 2.44. The van der Waals surface area contributed by atoms with Gasteiger partial charge in [0.25, 0.3) is 0 Å². The summed E-state index contributed by atoms with van der Waals surface area (Å²) in [6, 6.07) is 14.1. The predicted molar refractivity (Wildman–Crippen MR) is 116 cm³/mol. The first-order chi connectivity index (χ1) is 12.6. The van der Waals surface area contributed by atoms with Crippen molar-refractivity contribution in [2.75, 3.05) is 23.3 Å². The minimum Gasteiger partial charge on any atom is -0.372 e. The number of hydrogen-bond acceptors (Lipinski definition) is 3. The van der Waals surface area contributed by atoms with Gasteiger partial charge in [-0.1, -0.05) is 29.8 Å². The summed E-state index contributed by atoms with van der Waals surface area (Å²) in [6.45, 7) is 4.25. The third-order valence-corrected chi connectivity index (χ3v) is 5.11. The molecule has 2 aromatic rings. The molecular weight excluding hydrogens is 364 g/mol. The molecule has 0 aromatic heterocycles. The lowest BCUT2D eigenvalue weighted by atomic mass is 10.1. The zero-order chi connectivity index (χ0) is 18.4. The highest BCUT2D eigenvalue weighted by atomic mass is 35.5. The fourth-order valence-corrected chi connectivity index (χ4v) is 3.32. The molecule has 0 spiro atoms. The van der Waals surface area contributed by atoms with E-state index in [1.807, 2.05) is 25.1 Å². The number of hydrazone groups is 1. The first-order valence-corrected chi connectivity index (χ1v) is 9.62. The van der Waals surface area contributed by atoms with Crippen molar-refractivity contribution in [2.45, 2.75) is 26.2 Å². The zero-order valence-electron chi connectivity index (χ0n) is 14.8. The van der Waals surface area contributed by atoms with Crippen molar-refractivity contribution in [1.82, 2.24) is 5.43 Å². The summed E-state index contributed by atoms with van der Waals surface area (Å²) >= 11 is 11.4. The standard InChI is InChI=1S/C20H23ClN4S/c1-15-18(21)6-5-7-19(15)23-20(26)24-22-14-16-8-10-17(11-9-16)25-12-3-2-4-13-25/h5-11,14H,2-4,12-13H2,1H3,(H2,23,24,26)/b22-14-. The molecule has 0 aliphatic carbocycles. The van der Waals surface area contributed by atoms with Crippen LogP contribution in [0.15, 0.2) is 47.6 Å². The smallest absolute Gasteiger partial charge is 0.191 e. The number of piperidine rings is 1. The molecule has 2 aromatic carbocycles. The Kier molecular flexibility index (Phi) is 6.47. The maximum atomic E-state index is 6.11. The molecule has 1 aliphatic heterocycles. The van der Waals surface area contributed by atoms with E-state index < -0.39 is 0 Å². The minimum atomic E-state index is 0.427. The quantitative estimate of drug-likeness (QED) is 0.442. The van der Waals surface area contributed by atoms with Gasteiger partial charge < -0.3 is 10.2 Å². The highest BCUT2D eigenvalue weighted by Gasteiger charge is 2.10. The fourth-order valence-electron chi connectivity index (χ4n) is 2.98. The zero-order valence-corrected chi connectivity index (χ0v) is 16.4. The number of benzene rings is 2. The van der Waals surface area contributed by atoms with Crippen molar-refractivity contribution >= 4 is 46.5 Å². The van der Waals surface area contributed by atoms with Crippen LogP contribution in [0.2, 0.25) is 5.02 Å². The summed E-state index contributed by atoms with van der Waals surface area (Å²) in [6.07, 6.45) is 5.67. The lowest BCUT2D eigenvalue weighted by molar-refractivity contribution is 0.578. The van der Waals surface area contributed by atoms with E-state index in [-0.39, 0.29) is 0 Å². The Balaban J connectivity index is 1.53. The van der Waals surface area contributed by atoms with Gasteiger partial charge in [0.05, 0.1) is 6.21 Å². The van der Waals surface area contributed by atoms with E-state index in [2.05, 4.69) is 45.0 Å². The maximum absolute atomic E-state index is 6.11. The predicted octanol–water partition coefficient (Wildman–Crippen LogP) is 4.96. The van der Waals surface area contributed by atoms with Gasteiger partial charge in [0.2, 0.25) is 0 Å². The fraction of sp³-hybridized carbons (Fsp3) is 0.300. The number of halogens is 1. The van der Waals surface area contributed by atoms with Crippen molar-refractivity contribution in [3.05, 3.63) is 58.6 Å². The third kappa shape index (κ3) is 4.96. The van der Waals surface area contributed by atoms with E-state index in [1.54, 1.807) is 6.21 Å². The van der Waals surface area contributed by atoms with E-state index in [0.717, 1.165) is 29.9 Å². The molecule has 0 amide bonds. The molecule has 0 radical (unpaired) electrons. The van der Waals surface area contributed by atoms with E-state index in [4.69, 9.17) is 23.8 Å². The largest absolute Gasteiger partial charge is 0.372 e. The first kappa shape index (κ1) is 18.7. The van der Waals surface area contributed by atoms with Crippen molar-refractivity contribution < 1.29 is 0 Å². The van der Waals surface area contributed by atoms with Crippen LogP contribution in [0.1, 0.15) is 30.4 Å². The Morgan fingerprint density at radius 3 is 2.58 bits per heavy atom. The Labute approximate surface area is 165 Å².